The molecule has 1 aliphatic rings. The van der Waals surface area contributed by atoms with Crippen molar-refractivity contribution in [3.05, 3.63) is 28.6 Å². The molecule has 25 heavy (non-hydrogen) atoms. The molecule has 0 aliphatic heterocycles. The third kappa shape index (κ3) is 4.74. The van der Waals surface area contributed by atoms with Crippen LogP contribution in [0, 0.1) is 0 Å². The third-order valence-electron chi connectivity index (χ3n) is 5.01. The van der Waals surface area contributed by atoms with Crippen molar-refractivity contribution in [1.29, 1.82) is 0 Å². The standard InChI is InChI=1S/C19H27NO3S2/c1-2-3-10-16-17(23-25(20,21)22)12-11-15-13-18(24-19(15)16)14-8-6-4-5-7-9-14/h11-14H,2-10H2,1H3,(H2,20,21,22). The predicted molar refractivity (Wildman–Crippen MR) is 105 cm³/mol. The van der Waals surface area contributed by atoms with E-state index in [9.17, 15) is 8.42 Å². The van der Waals surface area contributed by atoms with E-state index < -0.39 is 10.3 Å². The van der Waals surface area contributed by atoms with Crippen LogP contribution in [0.15, 0.2) is 18.2 Å². The Bertz CT molecular complexity index is 819. The number of nitrogens with two attached hydrogens (primary N) is 1. The summed E-state index contributed by atoms with van der Waals surface area (Å²) in [6, 6.07) is 6.01. The second-order valence-corrected chi connectivity index (χ2v) is 9.21. The van der Waals surface area contributed by atoms with Gasteiger partial charge in [0.15, 0.2) is 0 Å². The van der Waals surface area contributed by atoms with Crippen LogP contribution < -0.4 is 9.32 Å². The first-order valence-corrected chi connectivity index (χ1v) is 11.5. The molecule has 1 saturated carbocycles. The number of aryl methyl sites for hydroxylation is 1. The van der Waals surface area contributed by atoms with E-state index in [1.165, 1.54) is 48.8 Å². The molecular weight excluding hydrogens is 354 g/mol. The minimum absolute atomic E-state index is 0.387. The lowest BCUT2D eigenvalue weighted by Gasteiger charge is -2.11. The summed E-state index contributed by atoms with van der Waals surface area (Å²) in [5, 5.41) is 6.29. The van der Waals surface area contributed by atoms with Crippen molar-refractivity contribution in [2.45, 2.75) is 70.6 Å². The van der Waals surface area contributed by atoms with Gasteiger partial charge in [-0.1, -0.05) is 39.0 Å². The second-order valence-electron chi connectivity index (χ2n) is 6.98. The fraction of sp³-hybridized carbons (Fsp3) is 0.579. The van der Waals surface area contributed by atoms with Crippen molar-refractivity contribution in [2.75, 3.05) is 0 Å². The maximum absolute atomic E-state index is 11.4. The highest BCUT2D eigenvalue weighted by atomic mass is 32.2. The van der Waals surface area contributed by atoms with Gasteiger partial charge in [-0.15, -0.1) is 11.3 Å². The number of rotatable bonds is 6. The van der Waals surface area contributed by atoms with Gasteiger partial charge in [0.05, 0.1) is 0 Å². The van der Waals surface area contributed by atoms with Crippen molar-refractivity contribution in [3.63, 3.8) is 0 Å². The topological polar surface area (TPSA) is 69.4 Å². The van der Waals surface area contributed by atoms with Crippen LogP contribution in [-0.4, -0.2) is 8.42 Å². The molecule has 0 radical (unpaired) electrons. The molecule has 0 unspecified atom stereocenters. The van der Waals surface area contributed by atoms with Gasteiger partial charge in [0.2, 0.25) is 0 Å². The maximum Gasteiger partial charge on any atom is 0.380 e. The third-order valence-corrected chi connectivity index (χ3v) is 6.79. The Morgan fingerprint density at radius 1 is 1.20 bits per heavy atom. The summed E-state index contributed by atoms with van der Waals surface area (Å²) in [4.78, 5) is 1.43. The zero-order chi connectivity index (χ0) is 17.9. The Labute approximate surface area is 154 Å². The summed E-state index contributed by atoms with van der Waals surface area (Å²) in [7, 11) is -4.01. The predicted octanol–water partition coefficient (Wildman–Crippen LogP) is 5.26. The highest BCUT2D eigenvalue weighted by molar-refractivity contribution is 7.84. The zero-order valence-electron chi connectivity index (χ0n) is 14.8. The van der Waals surface area contributed by atoms with Crippen LogP contribution in [0.4, 0.5) is 0 Å². The van der Waals surface area contributed by atoms with Crippen molar-refractivity contribution < 1.29 is 12.6 Å². The van der Waals surface area contributed by atoms with Gasteiger partial charge >= 0.3 is 10.3 Å². The molecule has 1 aromatic carbocycles. The molecule has 2 aromatic rings. The summed E-state index contributed by atoms with van der Waals surface area (Å²) in [5.74, 6) is 1.03. The Balaban J connectivity index is 2.01. The quantitative estimate of drug-likeness (QED) is 0.694. The molecule has 2 N–H and O–H groups in total. The van der Waals surface area contributed by atoms with Crippen molar-refractivity contribution in [2.24, 2.45) is 5.14 Å². The number of fused-ring (bicyclic) bond motifs is 1. The maximum atomic E-state index is 11.4. The molecule has 6 heteroatoms. The SMILES string of the molecule is CCCCc1c(OS(N)(=O)=O)ccc2cc(C3CCCCCC3)sc12. The van der Waals surface area contributed by atoms with Crippen LogP contribution in [0.2, 0.25) is 0 Å². The summed E-state index contributed by atoms with van der Waals surface area (Å²) in [6.07, 6.45) is 10.7. The monoisotopic (exact) mass is 381 g/mol. The molecule has 0 amide bonds. The molecule has 0 atom stereocenters. The summed E-state index contributed by atoms with van der Waals surface area (Å²) in [5.41, 5.74) is 0.984. The lowest BCUT2D eigenvalue weighted by atomic mass is 9.98. The van der Waals surface area contributed by atoms with Gasteiger partial charge in [0.1, 0.15) is 5.75 Å². The van der Waals surface area contributed by atoms with Crippen molar-refractivity contribution in [3.8, 4) is 5.75 Å². The van der Waals surface area contributed by atoms with E-state index in [2.05, 4.69) is 13.0 Å². The molecule has 1 fully saturated rings. The molecule has 0 bridgehead atoms. The number of hydrogen-bond acceptors (Lipinski definition) is 4. The van der Waals surface area contributed by atoms with Gasteiger partial charge in [-0.05, 0) is 55.2 Å². The van der Waals surface area contributed by atoms with E-state index >= 15 is 0 Å². The van der Waals surface area contributed by atoms with Crippen LogP contribution in [0.3, 0.4) is 0 Å². The van der Waals surface area contributed by atoms with Gasteiger partial charge in [-0.3, -0.25) is 0 Å². The number of thiophene rings is 1. The highest BCUT2D eigenvalue weighted by Gasteiger charge is 2.20. The molecule has 1 heterocycles. The van der Waals surface area contributed by atoms with Gasteiger partial charge in [0, 0.05) is 15.1 Å². The second kappa shape index (κ2) is 8.06. The zero-order valence-corrected chi connectivity index (χ0v) is 16.4. The van der Waals surface area contributed by atoms with Gasteiger partial charge in [0.25, 0.3) is 0 Å². The van der Waals surface area contributed by atoms with Crippen LogP contribution in [0.25, 0.3) is 10.1 Å². The van der Waals surface area contributed by atoms with E-state index in [0.717, 1.165) is 29.5 Å². The van der Waals surface area contributed by atoms with Crippen molar-refractivity contribution in [1.82, 2.24) is 0 Å². The van der Waals surface area contributed by atoms with Gasteiger partial charge in [-0.25, -0.2) is 0 Å². The Kier molecular flexibility index (Phi) is 6.02. The summed E-state index contributed by atoms with van der Waals surface area (Å²) in [6.45, 7) is 2.13. The summed E-state index contributed by atoms with van der Waals surface area (Å²) >= 11 is 1.81. The van der Waals surface area contributed by atoms with Crippen LogP contribution in [0.1, 0.15) is 74.6 Å². The Morgan fingerprint density at radius 3 is 2.56 bits per heavy atom. The first-order chi connectivity index (χ1) is 12.0. The van der Waals surface area contributed by atoms with E-state index in [4.69, 9.17) is 9.32 Å². The Morgan fingerprint density at radius 2 is 1.92 bits per heavy atom. The lowest BCUT2D eigenvalue weighted by Crippen LogP contribution is -2.19. The first-order valence-electron chi connectivity index (χ1n) is 9.25. The molecule has 1 aliphatic carbocycles. The van der Waals surface area contributed by atoms with Crippen molar-refractivity contribution >= 4 is 31.7 Å². The lowest BCUT2D eigenvalue weighted by molar-refractivity contribution is 0.484. The number of unbranched alkanes of at least 4 members (excludes halogenated alkanes) is 1. The Hall–Kier alpha value is -1.11. The normalized spacial score (nSPS) is 16.9. The van der Waals surface area contributed by atoms with E-state index in [-0.39, 0.29) is 0 Å². The average molecular weight is 382 g/mol. The van der Waals surface area contributed by atoms with Gasteiger partial charge < -0.3 is 4.18 Å². The average Bonchev–Trinajstić information content (AvgIpc) is 2.79. The molecule has 0 spiro atoms. The van der Waals surface area contributed by atoms with E-state index in [0.29, 0.717) is 11.7 Å². The molecular formula is C19H27NO3S2. The molecule has 0 saturated heterocycles. The molecule has 4 nitrogen and oxygen atoms in total. The van der Waals surface area contributed by atoms with Crippen LogP contribution in [0.5, 0.6) is 5.75 Å². The fourth-order valence-electron chi connectivity index (χ4n) is 3.72. The van der Waals surface area contributed by atoms with E-state index in [1.54, 1.807) is 6.07 Å². The van der Waals surface area contributed by atoms with Crippen LogP contribution >= 0.6 is 11.3 Å². The first kappa shape index (κ1) is 18.7. The van der Waals surface area contributed by atoms with Gasteiger partial charge in [-0.2, -0.15) is 13.6 Å². The number of benzene rings is 1. The van der Waals surface area contributed by atoms with Crippen LogP contribution in [-0.2, 0) is 16.7 Å². The minimum Gasteiger partial charge on any atom is -0.371 e. The fourth-order valence-corrected chi connectivity index (χ4v) is 5.52. The largest absolute Gasteiger partial charge is 0.380 e. The molecule has 1 aromatic heterocycles. The van der Waals surface area contributed by atoms with E-state index in [1.807, 2.05) is 17.4 Å². The molecule has 3 rings (SSSR count). The molecule has 138 valence electrons. The smallest absolute Gasteiger partial charge is 0.371 e. The number of hydrogen-bond donors (Lipinski definition) is 1. The highest BCUT2D eigenvalue weighted by Crippen LogP contribution is 2.41. The minimum atomic E-state index is -4.01. The summed E-state index contributed by atoms with van der Waals surface area (Å²) < 4.78 is 29.1.